The van der Waals surface area contributed by atoms with Gasteiger partial charge in [-0.15, -0.1) is 6.42 Å². The van der Waals surface area contributed by atoms with Crippen LogP contribution in [0.1, 0.15) is 24.5 Å². The van der Waals surface area contributed by atoms with Gasteiger partial charge in [-0.1, -0.05) is 91.4 Å². The zero-order valence-corrected chi connectivity index (χ0v) is 19.1. The van der Waals surface area contributed by atoms with Crippen LogP contribution >= 0.6 is 0 Å². The van der Waals surface area contributed by atoms with Crippen molar-refractivity contribution in [3.05, 3.63) is 137 Å². The number of rotatable bonds is 1. The van der Waals surface area contributed by atoms with Gasteiger partial charge in [-0.2, -0.15) is 0 Å². The zero-order chi connectivity index (χ0) is 23.0. The quantitative estimate of drug-likeness (QED) is 0.271. The van der Waals surface area contributed by atoms with Gasteiger partial charge in [0, 0.05) is 16.3 Å². The molecule has 2 aliphatic carbocycles. The number of hydrogen-bond donors (Lipinski definition) is 0. The molecule has 0 N–H and O–H groups in total. The third-order valence-corrected chi connectivity index (χ3v) is 7.72. The summed E-state index contributed by atoms with van der Waals surface area (Å²) in [5.41, 5.74) is 11.4. The van der Waals surface area contributed by atoms with E-state index < -0.39 is 5.41 Å². The van der Waals surface area contributed by atoms with Gasteiger partial charge in [0.25, 0.3) is 0 Å². The first-order valence-electron chi connectivity index (χ1n) is 11.8. The van der Waals surface area contributed by atoms with Gasteiger partial charge in [-0.3, -0.25) is 0 Å². The van der Waals surface area contributed by atoms with Crippen molar-refractivity contribution in [2.45, 2.75) is 18.8 Å². The predicted octanol–water partition coefficient (Wildman–Crippen LogP) is 7.72. The molecule has 1 aliphatic heterocycles. The van der Waals surface area contributed by atoms with Crippen LogP contribution in [0.3, 0.4) is 0 Å². The van der Waals surface area contributed by atoms with E-state index in [1.54, 1.807) is 0 Å². The van der Waals surface area contributed by atoms with Crippen LogP contribution in [0.25, 0.3) is 27.5 Å². The average molecular weight is 434 g/mol. The molecule has 1 spiro atoms. The highest BCUT2D eigenvalue weighted by Crippen LogP contribution is 2.61. The molecule has 0 bridgehead atoms. The summed E-state index contributed by atoms with van der Waals surface area (Å²) >= 11 is 0. The smallest absolute Gasteiger partial charge is 0.0760 e. The summed E-state index contributed by atoms with van der Waals surface area (Å²) in [6.07, 6.45) is 15.9. The zero-order valence-electron chi connectivity index (χ0n) is 19.1. The second-order valence-corrected chi connectivity index (χ2v) is 9.25. The summed E-state index contributed by atoms with van der Waals surface area (Å²) in [5, 5.41) is 2.55. The van der Waals surface area contributed by atoms with E-state index in [1.807, 2.05) is 0 Å². The second-order valence-electron chi connectivity index (χ2n) is 9.25. The molecule has 0 radical (unpaired) electrons. The van der Waals surface area contributed by atoms with Gasteiger partial charge in [0.1, 0.15) is 0 Å². The summed E-state index contributed by atoms with van der Waals surface area (Å²) in [6.45, 7) is 6.52. The molecule has 0 fully saturated rings. The van der Waals surface area contributed by atoms with E-state index in [0.29, 0.717) is 0 Å². The minimum atomic E-state index is -0.482. The summed E-state index contributed by atoms with van der Waals surface area (Å²) < 4.78 is 2.45. The lowest BCUT2D eigenvalue weighted by atomic mass is 9.63. The third kappa shape index (κ3) is 2.03. The highest BCUT2D eigenvalue weighted by molar-refractivity contribution is 6.12. The Labute approximate surface area is 199 Å². The van der Waals surface area contributed by atoms with Crippen LogP contribution in [0.4, 0.5) is 0 Å². The average Bonchev–Trinajstić information content (AvgIpc) is 3.35. The molecule has 3 aromatic carbocycles. The Balaban J connectivity index is 1.80. The SMILES string of the molecule is C#CC1=C(/C=C\C)C2(C3=C1C(=C)CC=C3)c1ccccc1-n1c3ccccc3c3cccc2c31. The highest BCUT2D eigenvalue weighted by Gasteiger charge is 2.52. The lowest BCUT2D eigenvalue weighted by molar-refractivity contribution is 0.733. The molecule has 34 heavy (non-hydrogen) atoms. The van der Waals surface area contributed by atoms with Gasteiger partial charge in [0.2, 0.25) is 0 Å². The topological polar surface area (TPSA) is 4.93 Å². The first-order valence-corrected chi connectivity index (χ1v) is 11.8. The fourth-order valence-corrected chi connectivity index (χ4v) is 6.59. The lowest BCUT2D eigenvalue weighted by Crippen LogP contribution is -2.35. The summed E-state index contributed by atoms with van der Waals surface area (Å²) in [6, 6.07) is 24.3. The fraction of sp³-hybridized carbons (Fsp3) is 0.0909. The van der Waals surface area contributed by atoms with Crippen molar-refractivity contribution in [2.24, 2.45) is 0 Å². The van der Waals surface area contributed by atoms with E-state index in [9.17, 15) is 0 Å². The van der Waals surface area contributed by atoms with E-state index in [2.05, 4.69) is 115 Å². The maximum absolute atomic E-state index is 6.24. The molecule has 0 amide bonds. The van der Waals surface area contributed by atoms with Crippen LogP contribution in [-0.4, -0.2) is 4.57 Å². The molecular formula is C33H23N. The lowest BCUT2D eigenvalue weighted by Gasteiger charge is -2.41. The van der Waals surface area contributed by atoms with Gasteiger partial charge in [0.05, 0.1) is 22.1 Å². The van der Waals surface area contributed by atoms with Gasteiger partial charge in [-0.25, -0.2) is 0 Å². The van der Waals surface area contributed by atoms with Crippen molar-refractivity contribution < 1.29 is 0 Å². The van der Waals surface area contributed by atoms with Gasteiger partial charge in [-0.05, 0) is 58.9 Å². The molecular weight excluding hydrogens is 410 g/mol. The minimum absolute atomic E-state index is 0.482. The van der Waals surface area contributed by atoms with Crippen LogP contribution in [0.15, 0.2) is 125 Å². The number of para-hydroxylation sites is 3. The van der Waals surface area contributed by atoms with E-state index in [0.717, 1.165) is 23.1 Å². The third-order valence-electron chi connectivity index (χ3n) is 7.72. The number of benzene rings is 3. The second kappa shape index (κ2) is 6.62. The van der Waals surface area contributed by atoms with Crippen LogP contribution in [0.5, 0.6) is 0 Å². The van der Waals surface area contributed by atoms with Crippen molar-refractivity contribution in [2.75, 3.05) is 0 Å². The van der Waals surface area contributed by atoms with Crippen molar-refractivity contribution in [3.63, 3.8) is 0 Å². The first kappa shape index (κ1) is 19.2. The fourth-order valence-electron chi connectivity index (χ4n) is 6.59. The van der Waals surface area contributed by atoms with Crippen molar-refractivity contribution in [1.82, 2.24) is 4.57 Å². The first-order chi connectivity index (χ1) is 16.7. The molecule has 1 unspecified atom stereocenters. The number of hydrogen-bond acceptors (Lipinski definition) is 0. The Morgan fingerprint density at radius 2 is 1.74 bits per heavy atom. The van der Waals surface area contributed by atoms with Crippen molar-refractivity contribution in [3.8, 4) is 18.0 Å². The maximum atomic E-state index is 6.24. The molecule has 7 rings (SSSR count). The largest absolute Gasteiger partial charge is 0.309 e. The molecule has 1 aromatic heterocycles. The Morgan fingerprint density at radius 1 is 0.971 bits per heavy atom. The standard InChI is InChI=1S/C33H23N/c1-4-12-25-22(5-2)31-21(3)13-10-17-27(31)33(25)26-16-7-9-20-30(26)34-29-19-8-6-14-23(29)24-15-11-18-28(33)32(24)34/h2,4,6-12,14-20H,3,13H2,1H3/b12-4-. The summed E-state index contributed by atoms with van der Waals surface area (Å²) in [4.78, 5) is 0. The number of aromatic nitrogens is 1. The maximum Gasteiger partial charge on any atom is 0.0760 e. The monoisotopic (exact) mass is 433 g/mol. The normalized spacial score (nSPS) is 20.6. The molecule has 4 aromatic rings. The molecule has 1 atom stereocenters. The minimum Gasteiger partial charge on any atom is -0.309 e. The number of fused-ring (bicyclic) bond motifs is 8. The van der Waals surface area contributed by atoms with E-state index in [-0.39, 0.29) is 0 Å². The molecule has 1 heteroatoms. The number of terminal acetylenes is 1. The van der Waals surface area contributed by atoms with Gasteiger partial charge >= 0.3 is 0 Å². The van der Waals surface area contributed by atoms with Crippen LogP contribution in [0, 0.1) is 12.3 Å². The summed E-state index contributed by atoms with van der Waals surface area (Å²) in [7, 11) is 0. The Kier molecular flexibility index (Phi) is 3.74. The van der Waals surface area contributed by atoms with Gasteiger partial charge < -0.3 is 4.57 Å². The Bertz CT molecular complexity index is 1760. The summed E-state index contributed by atoms with van der Waals surface area (Å²) in [5.74, 6) is 3.08. The van der Waals surface area contributed by atoms with Crippen molar-refractivity contribution in [1.29, 1.82) is 0 Å². The van der Waals surface area contributed by atoms with E-state index in [1.165, 1.54) is 49.8 Å². The number of allylic oxidation sites excluding steroid dienone is 9. The van der Waals surface area contributed by atoms with Crippen LogP contribution in [0.2, 0.25) is 0 Å². The van der Waals surface area contributed by atoms with Crippen LogP contribution < -0.4 is 0 Å². The van der Waals surface area contributed by atoms with Crippen LogP contribution in [-0.2, 0) is 5.41 Å². The molecule has 3 aliphatic rings. The van der Waals surface area contributed by atoms with Crippen molar-refractivity contribution >= 4 is 21.8 Å². The predicted molar refractivity (Wildman–Crippen MR) is 142 cm³/mol. The van der Waals surface area contributed by atoms with E-state index in [4.69, 9.17) is 6.42 Å². The molecule has 2 heterocycles. The molecule has 0 saturated carbocycles. The molecule has 0 saturated heterocycles. The molecule has 1 nitrogen and oxygen atoms in total. The Hall–Kier alpha value is -4.28. The van der Waals surface area contributed by atoms with Gasteiger partial charge in [0.15, 0.2) is 0 Å². The molecule has 160 valence electrons. The Morgan fingerprint density at radius 3 is 2.59 bits per heavy atom. The van der Waals surface area contributed by atoms with E-state index >= 15 is 0 Å². The number of nitrogens with zero attached hydrogens (tertiary/aromatic N) is 1. The highest BCUT2D eigenvalue weighted by atomic mass is 15.0.